The van der Waals surface area contributed by atoms with Crippen LogP contribution in [-0.4, -0.2) is 11.6 Å². The number of hydrogen-bond donors (Lipinski definition) is 0. The molecule has 2 nitrogen and oxygen atoms in total. The predicted molar refractivity (Wildman–Crippen MR) is 61.3 cm³/mol. The lowest BCUT2D eigenvalue weighted by Gasteiger charge is -2.08. The monoisotopic (exact) mass is 289 g/mol. The van der Waals surface area contributed by atoms with Crippen LogP contribution in [0.25, 0.3) is 11.3 Å². The second-order valence-electron chi connectivity index (χ2n) is 3.81. The average Bonchev–Trinajstić information content (AvgIpc) is 2.37. The standard InChI is InChI=1S/C13H8F5NO/c14-12(15)20-11-3-1-2-10(19-11)8-4-6-9(7-5-8)13(16,17)18/h1-7,12H. The van der Waals surface area contributed by atoms with Crippen molar-refractivity contribution in [3.05, 3.63) is 48.0 Å². The summed E-state index contributed by atoms with van der Waals surface area (Å²) in [6.07, 6.45) is -4.42. The zero-order chi connectivity index (χ0) is 14.8. The quantitative estimate of drug-likeness (QED) is 0.783. The summed E-state index contributed by atoms with van der Waals surface area (Å²) in [7, 11) is 0. The Morgan fingerprint density at radius 1 is 0.950 bits per heavy atom. The lowest BCUT2D eigenvalue weighted by molar-refractivity contribution is -0.137. The zero-order valence-electron chi connectivity index (χ0n) is 9.86. The minimum atomic E-state index is -4.42. The zero-order valence-corrected chi connectivity index (χ0v) is 9.86. The first-order valence-corrected chi connectivity index (χ1v) is 5.46. The van der Waals surface area contributed by atoms with Crippen LogP contribution in [0.3, 0.4) is 0 Å². The van der Waals surface area contributed by atoms with Gasteiger partial charge in [0.2, 0.25) is 5.88 Å². The Morgan fingerprint density at radius 3 is 2.15 bits per heavy atom. The summed E-state index contributed by atoms with van der Waals surface area (Å²) in [4.78, 5) is 3.79. The molecule has 1 aromatic carbocycles. The molecule has 2 rings (SSSR count). The highest BCUT2D eigenvalue weighted by atomic mass is 19.4. The van der Waals surface area contributed by atoms with Gasteiger partial charge in [-0.3, -0.25) is 0 Å². The largest absolute Gasteiger partial charge is 0.417 e. The Morgan fingerprint density at radius 2 is 1.60 bits per heavy atom. The maximum atomic E-state index is 12.4. The van der Waals surface area contributed by atoms with Crippen molar-refractivity contribution in [1.82, 2.24) is 4.98 Å². The Labute approximate surface area is 110 Å². The van der Waals surface area contributed by atoms with Gasteiger partial charge in [-0.1, -0.05) is 18.2 Å². The molecule has 0 aliphatic rings. The SMILES string of the molecule is FC(F)Oc1cccc(-c2ccc(C(F)(F)F)cc2)n1. The molecule has 2 aromatic rings. The minimum Gasteiger partial charge on any atom is -0.417 e. The number of hydrogen-bond acceptors (Lipinski definition) is 2. The molecule has 0 N–H and O–H groups in total. The molecule has 7 heteroatoms. The van der Waals surface area contributed by atoms with E-state index in [9.17, 15) is 22.0 Å². The van der Waals surface area contributed by atoms with Crippen LogP contribution in [0.4, 0.5) is 22.0 Å². The van der Waals surface area contributed by atoms with Gasteiger partial charge in [-0.25, -0.2) is 4.98 Å². The molecule has 0 aliphatic carbocycles. The van der Waals surface area contributed by atoms with Gasteiger partial charge < -0.3 is 4.74 Å². The molecular weight excluding hydrogens is 281 g/mol. The number of nitrogens with zero attached hydrogens (tertiary/aromatic N) is 1. The molecule has 0 atom stereocenters. The number of halogens is 5. The van der Waals surface area contributed by atoms with Crippen molar-refractivity contribution in [2.45, 2.75) is 12.8 Å². The van der Waals surface area contributed by atoms with E-state index in [1.54, 1.807) is 0 Å². The van der Waals surface area contributed by atoms with E-state index in [0.29, 0.717) is 5.56 Å². The Bertz CT molecular complexity index is 580. The summed E-state index contributed by atoms with van der Waals surface area (Å²) in [6, 6.07) is 8.39. The van der Waals surface area contributed by atoms with E-state index in [0.717, 1.165) is 12.1 Å². The van der Waals surface area contributed by atoms with Crippen LogP contribution >= 0.6 is 0 Å². The van der Waals surface area contributed by atoms with Crippen molar-refractivity contribution in [2.75, 3.05) is 0 Å². The summed E-state index contributed by atoms with van der Waals surface area (Å²) < 4.78 is 65.5. The van der Waals surface area contributed by atoms with Crippen molar-refractivity contribution in [2.24, 2.45) is 0 Å². The first kappa shape index (κ1) is 14.2. The molecule has 0 bridgehead atoms. The molecule has 0 amide bonds. The van der Waals surface area contributed by atoms with Gasteiger partial charge in [-0.2, -0.15) is 22.0 Å². The highest BCUT2D eigenvalue weighted by Crippen LogP contribution is 2.30. The molecule has 0 aliphatic heterocycles. The molecule has 1 heterocycles. The van der Waals surface area contributed by atoms with Crippen molar-refractivity contribution in [1.29, 1.82) is 0 Å². The number of pyridine rings is 1. The van der Waals surface area contributed by atoms with Crippen molar-refractivity contribution in [3.8, 4) is 17.1 Å². The third-order valence-electron chi connectivity index (χ3n) is 2.44. The van der Waals surface area contributed by atoms with Crippen LogP contribution in [0.2, 0.25) is 0 Å². The van der Waals surface area contributed by atoms with Gasteiger partial charge in [0.05, 0.1) is 11.3 Å². The Kier molecular flexibility index (Phi) is 3.87. The maximum absolute atomic E-state index is 12.4. The molecular formula is C13H8F5NO. The molecule has 1 aromatic heterocycles. The highest BCUT2D eigenvalue weighted by molar-refractivity contribution is 5.60. The molecule has 0 spiro atoms. The maximum Gasteiger partial charge on any atom is 0.416 e. The van der Waals surface area contributed by atoms with Crippen LogP contribution < -0.4 is 4.74 Å². The van der Waals surface area contributed by atoms with Crippen molar-refractivity contribution < 1.29 is 26.7 Å². The first-order chi connectivity index (χ1) is 9.36. The van der Waals surface area contributed by atoms with E-state index in [2.05, 4.69) is 9.72 Å². The summed E-state index contributed by atoms with van der Waals surface area (Å²) in [5.74, 6) is -0.294. The Balaban J connectivity index is 2.28. The highest BCUT2D eigenvalue weighted by Gasteiger charge is 2.30. The van der Waals surface area contributed by atoms with Crippen molar-refractivity contribution in [3.63, 3.8) is 0 Å². The average molecular weight is 289 g/mol. The van der Waals surface area contributed by atoms with Gasteiger partial charge in [0.25, 0.3) is 0 Å². The molecule has 0 saturated carbocycles. The summed E-state index contributed by atoms with van der Waals surface area (Å²) in [5.41, 5.74) is -0.171. The van der Waals surface area contributed by atoms with Gasteiger partial charge in [0, 0.05) is 11.6 Å². The number of benzene rings is 1. The lowest BCUT2D eigenvalue weighted by Crippen LogP contribution is -2.05. The fraction of sp³-hybridized carbons (Fsp3) is 0.154. The van der Waals surface area contributed by atoms with Crippen LogP contribution in [0.5, 0.6) is 5.88 Å². The number of rotatable bonds is 3. The predicted octanol–water partition coefficient (Wildman–Crippen LogP) is 4.37. The van der Waals surface area contributed by atoms with E-state index in [4.69, 9.17) is 0 Å². The number of ether oxygens (including phenoxy) is 1. The minimum absolute atomic E-state index is 0.247. The second-order valence-corrected chi connectivity index (χ2v) is 3.81. The van der Waals surface area contributed by atoms with Crippen LogP contribution in [0.1, 0.15) is 5.56 Å². The number of aromatic nitrogens is 1. The van der Waals surface area contributed by atoms with Crippen LogP contribution in [0, 0.1) is 0 Å². The summed E-state index contributed by atoms with van der Waals surface area (Å²) >= 11 is 0. The Hall–Kier alpha value is -2.18. The lowest BCUT2D eigenvalue weighted by atomic mass is 10.1. The van der Waals surface area contributed by atoms with Crippen molar-refractivity contribution >= 4 is 0 Å². The van der Waals surface area contributed by atoms with Gasteiger partial charge in [-0.05, 0) is 18.2 Å². The van der Waals surface area contributed by atoms with Gasteiger partial charge in [0.1, 0.15) is 0 Å². The van der Waals surface area contributed by atoms with Gasteiger partial charge in [-0.15, -0.1) is 0 Å². The molecule has 20 heavy (non-hydrogen) atoms. The molecule has 0 saturated heterocycles. The first-order valence-electron chi connectivity index (χ1n) is 5.46. The van der Waals surface area contributed by atoms with Gasteiger partial charge in [0.15, 0.2) is 0 Å². The fourth-order valence-electron chi connectivity index (χ4n) is 1.56. The number of alkyl halides is 5. The van der Waals surface area contributed by atoms with Gasteiger partial charge >= 0.3 is 12.8 Å². The van der Waals surface area contributed by atoms with E-state index in [1.165, 1.54) is 30.3 Å². The van der Waals surface area contributed by atoms with Crippen LogP contribution in [-0.2, 0) is 6.18 Å². The third kappa shape index (κ3) is 3.43. The fourth-order valence-corrected chi connectivity index (χ4v) is 1.56. The van der Waals surface area contributed by atoms with E-state index in [-0.39, 0.29) is 11.6 Å². The third-order valence-corrected chi connectivity index (χ3v) is 2.44. The molecule has 0 unspecified atom stereocenters. The van der Waals surface area contributed by atoms with E-state index < -0.39 is 18.4 Å². The second kappa shape index (κ2) is 5.44. The molecule has 106 valence electrons. The smallest absolute Gasteiger partial charge is 0.416 e. The topological polar surface area (TPSA) is 22.1 Å². The van der Waals surface area contributed by atoms with Crippen LogP contribution in [0.15, 0.2) is 42.5 Å². The molecule has 0 fully saturated rings. The normalized spacial score (nSPS) is 11.7. The van der Waals surface area contributed by atoms with E-state index >= 15 is 0 Å². The van der Waals surface area contributed by atoms with E-state index in [1.807, 2.05) is 0 Å². The summed E-state index contributed by atoms with van der Waals surface area (Å²) in [6.45, 7) is -3.01. The molecule has 0 radical (unpaired) electrons. The summed E-state index contributed by atoms with van der Waals surface area (Å²) in [5, 5.41) is 0.